The van der Waals surface area contributed by atoms with Gasteiger partial charge in [0.05, 0.1) is 30.5 Å². The number of allylic oxidation sites excluding steroid dienone is 4. The molecule has 3 aliphatic heterocycles. The van der Waals surface area contributed by atoms with Crippen LogP contribution in [0.2, 0.25) is 18.1 Å². The fourth-order valence-corrected chi connectivity index (χ4v) is 11.5. The Morgan fingerprint density at radius 1 is 0.938 bits per heavy atom. The van der Waals surface area contributed by atoms with Crippen LogP contribution in [-0.2, 0) is 47.3 Å². The van der Waals surface area contributed by atoms with Crippen LogP contribution < -0.4 is 0 Å². The Kier molecular flexibility index (Phi) is 19.4. The molecule has 4 rings (SSSR count). The highest BCUT2D eigenvalue weighted by Gasteiger charge is 2.57. The predicted molar refractivity (Wildman–Crippen MR) is 249 cm³/mol. The number of amides is 1. The highest BCUT2D eigenvalue weighted by Crippen LogP contribution is 2.42. The van der Waals surface area contributed by atoms with E-state index in [4.69, 9.17) is 28.1 Å². The number of esters is 1. The summed E-state index contributed by atoms with van der Waals surface area (Å²) in [5.74, 6) is -7.61. The minimum Gasteiger partial charge on any atom is -0.456 e. The molecule has 14 unspecified atom stereocenters. The van der Waals surface area contributed by atoms with E-state index in [-0.39, 0.29) is 60.7 Å². The number of carbonyl (C=O) groups excluding carboxylic acids is 4. The van der Waals surface area contributed by atoms with Gasteiger partial charge in [-0.1, -0.05) is 65.3 Å². The van der Waals surface area contributed by atoms with E-state index in [2.05, 4.69) is 53.4 Å². The van der Waals surface area contributed by atoms with E-state index in [1.807, 2.05) is 19.9 Å². The van der Waals surface area contributed by atoms with E-state index in [0.29, 0.717) is 44.1 Å². The number of methoxy groups -OCH3 is 3. The summed E-state index contributed by atoms with van der Waals surface area (Å²) in [6.07, 6.45) is 6.46. The van der Waals surface area contributed by atoms with Gasteiger partial charge in [-0.3, -0.25) is 14.4 Å². The SMILES string of the molecule is C=CCC1/C=C(\C)CC(C)CC(OC)C2OC(O)(C(=O)C(=O)N3CCCCC3C(=O)OC(C(C)=CC3CCC(O[Si](C)(C)C(C)(C)C)C(OC)C3)C(C)C(O)CC1=O)C(C)CC2OC. The number of fused-ring (bicyclic) bond motifs is 3. The zero-order valence-corrected chi connectivity index (χ0v) is 42.4. The monoisotopic (exact) mass is 918 g/mol. The van der Waals surface area contributed by atoms with Crippen LogP contribution in [0.1, 0.15) is 126 Å². The summed E-state index contributed by atoms with van der Waals surface area (Å²) in [5.41, 5.74) is 1.67. The fourth-order valence-electron chi connectivity index (χ4n) is 10.1. The van der Waals surface area contributed by atoms with Crippen LogP contribution in [0.25, 0.3) is 0 Å². The molecule has 64 heavy (non-hydrogen) atoms. The Morgan fingerprint density at radius 3 is 2.19 bits per heavy atom. The summed E-state index contributed by atoms with van der Waals surface area (Å²) in [5, 5.41) is 24.1. The lowest BCUT2D eigenvalue weighted by Crippen LogP contribution is -2.64. The molecule has 2 saturated heterocycles. The maximum atomic E-state index is 14.5. The number of Topliss-reactive ketones (excluding diaryl/α,β-unsaturated/α-hetero) is 2. The highest BCUT2D eigenvalue weighted by atomic mass is 28.4. The van der Waals surface area contributed by atoms with E-state index in [1.165, 1.54) is 19.1 Å². The van der Waals surface area contributed by atoms with Crippen molar-refractivity contribution >= 4 is 31.8 Å². The number of rotatable bonds is 9. The molecule has 0 aromatic carbocycles. The molecule has 14 heteroatoms. The standard InChI is InChI=1S/C50H83NO12Si/c1-15-18-36-24-30(2)23-31(3)25-42(59-11)45-43(60-12)27-33(5)50(57,62-45)46(54)47(55)51-22-17-16-19-37(51)48(56)61-44(34(6)38(52)29-39(36)53)32(4)26-35-20-21-40(41(28-35)58-10)63-64(13,14)49(7,8)9/h15,24,26,31,33-38,40-45,52,57H,1,16-23,25,27-29H2,2-14H3/b30-24+,32-26?. The number of piperidine rings is 1. The second-order valence-electron chi connectivity index (χ2n) is 21.1. The van der Waals surface area contributed by atoms with Crippen molar-refractivity contribution in [2.75, 3.05) is 27.9 Å². The van der Waals surface area contributed by atoms with Crippen LogP contribution >= 0.6 is 0 Å². The molecular weight excluding hydrogens is 835 g/mol. The molecular formula is C50H83NO12Si. The van der Waals surface area contributed by atoms with Crippen molar-refractivity contribution in [3.8, 4) is 0 Å². The van der Waals surface area contributed by atoms with Crippen LogP contribution in [0.5, 0.6) is 0 Å². The van der Waals surface area contributed by atoms with Crippen molar-refractivity contribution in [1.82, 2.24) is 4.90 Å². The minimum atomic E-state index is -2.51. The van der Waals surface area contributed by atoms with E-state index >= 15 is 0 Å². The Morgan fingerprint density at radius 2 is 1.58 bits per heavy atom. The third-order valence-corrected chi connectivity index (χ3v) is 19.6. The molecule has 3 heterocycles. The molecule has 2 N–H and O–H groups in total. The number of cyclic esters (lactones) is 1. The van der Waals surface area contributed by atoms with Gasteiger partial charge in [0.2, 0.25) is 5.79 Å². The summed E-state index contributed by atoms with van der Waals surface area (Å²) < 4.78 is 37.3. The summed E-state index contributed by atoms with van der Waals surface area (Å²) in [6, 6.07) is -1.14. The van der Waals surface area contributed by atoms with Crippen molar-refractivity contribution in [2.24, 2.45) is 29.6 Å². The lowest BCUT2D eigenvalue weighted by atomic mass is 9.81. The van der Waals surface area contributed by atoms with Crippen LogP contribution in [-0.4, -0.2) is 129 Å². The second-order valence-corrected chi connectivity index (χ2v) is 25.9. The normalized spacial score (nSPS) is 38.4. The Hall–Kier alpha value is -2.56. The van der Waals surface area contributed by atoms with Crippen LogP contribution in [0.15, 0.2) is 36.0 Å². The van der Waals surface area contributed by atoms with Gasteiger partial charge in [0.15, 0.2) is 8.32 Å². The first kappa shape index (κ1) is 54.0. The largest absolute Gasteiger partial charge is 0.456 e. The topological polar surface area (TPSA) is 167 Å². The molecule has 1 saturated carbocycles. The third kappa shape index (κ3) is 12.9. The fraction of sp³-hybridized carbons (Fsp3) is 0.800. The number of ether oxygens (including phenoxy) is 5. The van der Waals surface area contributed by atoms with Crippen molar-refractivity contribution < 1.29 is 57.5 Å². The van der Waals surface area contributed by atoms with Crippen molar-refractivity contribution in [2.45, 2.75) is 199 Å². The number of carbonyl (C=O) groups is 4. The van der Waals surface area contributed by atoms with Gasteiger partial charge < -0.3 is 43.2 Å². The first-order chi connectivity index (χ1) is 29.9. The Bertz CT molecular complexity index is 1690. The average Bonchev–Trinajstić information content (AvgIpc) is 3.23. The van der Waals surface area contributed by atoms with Gasteiger partial charge in [0, 0.05) is 52.0 Å². The maximum Gasteiger partial charge on any atom is 0.329 e. The molecule has 4 aliphatic rings. The lowest BCUT2D eigenvalue weighted by Gasteiger charge is -2.47. The molecule has 364 valence electrons. The molecule has 1 aliphatic carbocycles. The summed E-state index contributed by atoms with van der Waals surface area (Å²) >= 11 is 0. The van der Waals surface area contributed by atoms with Crippen molar-refractivity contribution in [3.05, 3.63) is 36.0 Å². The van der Waals surface area contributed by atoms with Gasteiger partial charge in [-0.2, -0.15) is 0 Å². The molecule has 3 fully saturated rings. The smallest absolute Gasteiger partial charge is 0.329 e. The summed E-state index contributed by atoms with van der Waals surface area (Å²) in [6.45, 7) is 24.5. The van der Waals surface area contributed by atoms with Gasteiger partial charge in [0.25, 0.3) is 11.7 Å². The molecule has 2 bridgehead atoms. The zero-order chi connectivity index (χ0) is 47.9. The lowest BCUT2D eigenvalue weighted by molar-refractivity contribution is -0.302. The third-order valence-electron chi connectivity index (χ3n) is 15.1. The van der Waals surface area contributed by atoms with Gasteiger partial charge in [-0.15, -0.1) is 6.58 Å². The van der Waals surface area contributed by atoms with Crippen LogP contribution in [0, 0.1) is 29.6 Å². The van der Waals surface area contributed by atoms with Gasteiger partial charge in [-0.25, -0.2) is 4.79 Å². The molecule has 0 aromatic rings. The zero-order valence-electron chi connectivity index (χ0n) is 41.4. The minimum absolute atomic E-state index is 0.0120. The van der Waals surface area contributed by atoms with Crippen molar-refractivity contribution in [1.29, 1.82) is 0 Å². The number of hydrogen-bond acceptors (Lipinski definition) is 12. The Balaban J connectivity index is 1.75. The number of aliphatic hydroxyl groups is 2. The van der Waals surface area contributed by atoms with Gasteiger partial charge >= 0.3 is 5.97 Å². The molecule has 0 aromatic heterocycles. The first-order valence-electron chi connectivity index (χ1n) is 23.8. The van der Waals surface area contributed by atoms with Crippen molar-refractivity contribution in [3.63, 3.8) is 0 Å². The quantitative estimate of drug-likeness (QED) is 0.100. The van der Waals surface area contributed by atoms with E-state index < -0.39 is 86.1 Å². The maximum absolute atomic E-state index is 14.5. The van der Waals surface area contributed by atoms with Crippen LogP contribution in [0.4, 0.5) is 0 Å². The average molecular weight is 918 g/mol. The van der Waals surface area contributed by atoms with Gasteiger partial charge in [0.1, 0.15) is 24.0 Å². The first-order valence-corrected chi connectivity index (χ1v) is 26.7. The number of nitrogens with zero attached hydrogens (tertiary/aromatic N) is 1. The molecule has 13 nitrogen and oxygen atoms in total. The molecule has 0 radical (unpaired) electrons. The molecule has 1 amide bonds. The number of aliphatic hydroxyl groups excluding tert-OH is 1. The number of hydrogen-bond donors (Lipinski definition) is 2. The highest BCUT2D eigenvalue weighted by molar-refractivity contribution is 6.74. The molecule has 0 spiro atoms. The van der Waals surface area contributed by atoms with E-state index in [0.717, 1.165) is 18.4 Å². The van der Waals surface area contributed by atoms with E-state index in [1.54, 1.807) is 27.0 Å². The van der Waals surface area contributed by atoms with E-state index in [9.17, 15) is 29.4 Å². The number of ketones is 2. The Labute approximate surface area is 385 Å². The second kappa shape index (κ2) is 23.0. The van der Waals surface area contributed by atoms with Crippen LogP contribution in [0.3, 0.4) is 0 Å². The van der Waals surface area contributed by atoms with Gasteiger partial charge in [-0.05, 0) is 114 Å². The summed E-state index contributed by atoms with van der Waals surface area (Å²) in [7, 11) is 2.71. The molecule has 14 atom stereocenters. The summed E-state index contributed by atoms with van der Waals surface area (Å²) in [4.78, 5) is 58.5. The predicted octanol–water partition coefficient (Wildman–Crippen LogP) is 7.67.